The molecule has 3 aromatic rings. The lowest BCUT2D eigenvalue weighted by Gasteiger charge is -2.28. The molecule has 0 atom stereocenters. The summed E-state index contributed by atoms with van der Waals surface area (Å²) in [5, 5.41) is 3.14. The van der Waals surface area contributed by atoms with Crippen LogP contribution in [0.15, 0.2) is 59.0 Å². The predicted molar refractivity (Wildman–Crippen MR) is 142 cm³/mol. The summed E-state index contributed by atoms with van der Waals surface area (Å²) in [6.07, 6.45) is 10.6. The minimum Gasteiger partial charge on any atom is -0.441 e. The number of oxazole rings is 1. The molecule has 2 aromatic carbocycles. The zero-order valence-corrected chi connectivity index (χ0v) is 21.4. The van der Waals surface area contributed by atoms with Gasteiger partial charge in [0.2, 0.25) is 11.8 Å². The first-order chi connectivity index (χ1) is 17.1. The highest BCUT2D eigenvalue weighted by Gasteiger charge is 2.21. The van der Waals surface area contributed by atoms with Crippen molar-refractivity contribution in [2.75, 3.05) is 6.54 Å². The van der Waals surface area contributed by atoms with Crippen molar-refractivity contribution in [2.45, 2.75) is 78.1 Å². The fraction of sp³-hybridized carbons (Fsp3) is 0.484. The standard InChI is InChI=1S/C31H40N2O2/c1-3-24-16-18-28(19-17-24)31-33-29(23(2)35-31)10-7-11-30(34)32-21-20-25-12-14-27(15-13-25)22-26-8-5-4-6-9-26/h4-6,8-9,16-19,25,27H,3,7,10-15,20-22H2,1-2H3,(H,32,34). The molecule has 4 nitrogen and oxygen atoms in total. The molecule has 4 rings (SSSR count). The molecule has 0 bridgehead atoms. The molecule has 0 saturated heterocycles. The van der Waals surface area contributed by atoms with E-state index < -0.39 is 0 Å². The number of amides is 1. The maximum Gasteiger partial charge on any atom is 0.226 e. The number of nitrogens with zero attached hydrogens (tertiary/aromatic N) is 1. The molecule has 0 spiro atoms. The number of aryl methyl sites for hydroxylation is 3. The monoisotopic (exact) mass is 472 g/mol. The van der Waals surface area contributed by atoms with Gasteiger partial charge in [0.05, 0.1) is 5.69 Å². The normalized spacial score (nSPS) is 17.9. The second-order valence-corrected chi connectivity index (χ2v) is 10.1. The van der Waals surface area contributed by atoms with E-state index in [0.717, 1.165) is 61.1 Å². The molecule has 0 radical (unpaired) electrons. The highest BCUT2D eigenvalue weighted by molar-refractivity contribution is 5.75. The molecule has 1 heterocycles. The summed E-state index contributed by atoms with van der Waals surface area (Å²) in [5.74, 6) is 3.24. The molecule has 0 aliphatic heterocycles. The SMILES string of the molecule is CCc1ccc(-c2nc(CCCC(=O)NCCC3CCC(Cc4ccccc4)CC3)c(C)o2)cc1. The molecule has 1 saturated carbocycles. The van der Waals surface area contributed by atoms with E-state index in [2.05, 4.69) is 71.8 Å². The lowest BCUT2D eigenvalue weighted by atomic mass is 9.78. The molecule has 1 fully saturated rings. The quantitative estimate of drug-likeness (QED) is 0.324. The summed E-state index contributed by atoms with van der Waals surface area (Å²) in [6.45, 7) is 4.91. The van der Waals surface area contributed by atoms with Gasteiger partial charge in [0.1, 0.15) is 5.76 Å². The summed E-state index contributed by atoms with van der Waals surface area (Å²) >= 11 is 0. The predicted octanol–water partition coefficient (Wildman–Crippen LogP) is 7.09. The van der Waals surface area contributed by atoms with E-state index in [9.17, 15) is 4.79 Å². The molecule has 4 heteroatoms. The van der Waals surface area contributed by atoms with E-state index in [0.29, 0.717) is 12.3 Å². The molecule has 1 aliphatic carbocycles. The van der Waals surface area contributed by atoms with Crippen LogP contribution in [0.4, 0.5) is 0 Å². The molecule has 1 aromatic heterocycles. The van der Waals surface area contributed by atoms with Crippen molar-refractivity contribution in [1.29, 1.82) is 0 Å². The van der Waals surface area contributed by atoms with Crippen LogP contribution in [0.25, 0.3) is 11.5 Å². The molecule has 1 amide bonds. The Balaban J connectivity index is 1.11. The van der Waals surface area contributed by atoms with Crippen molar-refractivity contribution >= 4 is 5.91 Å². The third kappa shape index (κ3) is 7.55. The highest BCUT2D eigenvalue weighted by atomic mass is 16.4. The van der Waals surface area contributed by atoms with Crippen LogP contribution in [0.5, 0.6) is 0 Å². The van der Waals surface area contributed by atoms with Crippen LogP contribution in [0.3, 0.4) is 0 Å². The van der Waals surface area contributed by atoms with Gasteiger partial charge in [-0.3, -0.25) is 4.79 Å². The van der Waals surface area contributed by atoms with E-state index in [-0.39, 0.29) is 5.91 Å². The van der Waals surface area contributed by atoms with Gasteiger partial charge in [0.15, 0.2) is 0 Å². The van der Waals surface area contributed by atoms with Crippen molar-refractivity contribution in [2.24, 2.45) is 11.8 Å². The lowest BCUT2D eigenvalue weighted by molar-refractivity contribution is -0.121. The molecule has 35 heavy (non-hydrogen) atoms. The number of hydrogen-bond donors (Lipinski definition) is 1. The van der Waals surface area contributed by atoms with Crippen LogP contribution < -0.4 is 5.32 Å². The zero-order chi connectivity index (χ0) is 24.5. The van der Waals surface area contributed by atoms with Gasteiger partial charge in [-0.2, -0.15) is 0 Å². The fourth-order valence-electron chi connectivity index (χ4n) is 5.26. The lowest BCUT2D eigenvalue weighted by Crippen LogP contribution is -2.27. The Kier molecular flexibility index (Phi) is 9.16. The summed E-state index contributed by atoms with van der Waals surface area (Å²) in [7, 11) is 0. The third-order valence-electron chi connectivity index (χ3n) is 7.53. The largest absolute Gasteiger partial charge is 0.441 e. The molecule has 1 N–H and O–H groups in total. The second-order valence-electron chi connectivity index (χ2n) is 10.1. The third-order valence-corrected chi connectivity index (χ3v) is 7.53. The van der Waals surface area contributed by atoms with Gasteiger partial charge < -0.3 is 9.73 Å². The van der Waals surface area contributed by atoms with Gasteiger partial charge >= 0.3 is 0 Å². The number of benzene rings is 2. The minimum atomic E-state index is 0.152. The summed E-state index contributed by atoms with van der Waals surface area (Å²) in [4.78, 5) is 17.0. The van der Waals surface area contributed by atoms with Crippen molar-refractivity contribution in [3.05, 3.63) is 77.2 Å². The van der Waals surface area contributed by atoms with Gasteiger partial charge in [0.25, 0.3) is 0 Å². The van der Waals surface area contributed by atoms with Crippen LogP contribution in [0, 0.1) is 18.8 Å². The number of rotatable bonds is 11. The fourth-order valence-corrected chi connectivity index (χ4v) is 5.26. The van der Waals surface area contributed by atoms with E-state index in [1.54, 1.807) is 0 Å². The number of hydrogen-bond acceptors (Lipinski definition) is 3. The van der Waals surface area contributed by atoms with Crippen LogP contribution in [0.1, 0.15) is 74.5 Å². The Morgan fingerprint density at radius 3 is 2.40 bits per heavy atom. The van der Waals surface area contributed by atoms with Gasteiger partial charge in [-0.15, -0.1) is 0 Å². The smallest absolute Gasteiger partial charge is 0.226 e. The Bertz CT molecular complexity index is 1050. The molecular weight excluding hydrogens is 432 g/mol. The van der Waals surface area contributed by atoms with Gasteiger partial charge in [-0.1, -0.05) is 62.2 Å². The van der Waals surface area contributed by atoms with Crippen molar-refractivity contribution < 1.29 is 9.21 Å². The minimum absolute atomic E-state index is 0.152. The average Bonchev–Trinajstić information content (AvgIpc) is 3.26. The van der Waals surface area contributed by atoms with Crippen molar-refractivity contribution in [3.63, 3.8) is 0 Å². The van der Waals surface area contributed by atoms with E-state index >= 15 is 0 Å². The topological polar surface area (TPSA) is 55.1 Å². The van der Waals surface area contributed by atoms with Gasteiger partial charge in [-0.25, -0.2) is 4.98 Å². The molecule has 1 aliphatic rings. The number of nitrogens with one attached hydrogen (secondary N) is 1. The summed E-state index contributed by atoms with van der Waals surface area (Å²) in [6, 6.07) is 19.2. The molecular formula is C31H40N2O2. The van der Waals surface area contributed by atoms with Crippen molar-refractivity contribution in [3.8, 4) is 11.5 Å². The summed E-state index contributed by atoms with van der Waals surface area (Å²) < 4.78 is 5.89. The van der Waals surface area contributed by atoms with Gasteiger partial charge in [-0.05, 0) is 87.0 Å². The average molecular weight is 473 g/mol. The van der Waals surface area contributed by atoms with Crippen molar-refractivity contribution in [1.82, 2.24) is 10.3 Å². The van der Waals surface area contributed by atoms with E-state index in [1.807, 2.05) is 6.92 Å². The Morgan fingerprint density at radius 1 is 0.971 bits per heavy atom. The number of aromatic nitrogens is 1. The highest BCUT2D eigenvalue weighted by Crippen LogP contribution is 2.32. The van der Waals surface area contributed by atoms with Crippen LogP contribution in [-0.4, -0.2) is 17.4 Å². The van der Waals surface area contributed by atoms with Crippen LogP contribution >= 0.6 is 0 Å². The first-order valence-electron chi connectivity index (χ1n) is 13.5. The maximum absolute atomic E-state index is 12.3. The first kappa shape index (κ1) is 25.2. The summed E-state index contributed by atoms with van der Waals surface area (Å²) in [5.41, 5.74) is 4.73. The van der Waals surface area contributed by atoms with Gasteiger partial charge in [0, 0.05) is 18.5 Å². The second kappa shape index (κ2) is 12.7. The number of carbonyl (C=O) groups is 1. The van der Waals surface area contributed by atoms with E-state index in [4.69, 9.17) is 4.42 Å². The maximum atomic E-state index is 12.3. The Hall–Kier alpha value is -2.88. The van der Waals surface area contributed by atoms with E-state index in [1.165, 1.54) is 43.2 Å². The first-order valence-corrected chi connectivity index (χ1v) is 13.5. The van der Waals surface area contributed by atoms with Crippen LogP contribution in [-0.2, 0) is 24.1 Å². The van der Waals surface area contributed by atoms with Crippen LogP contribution in [0.2, 0.25) is 0 Å². The molecule has 186 valence electrons. The zero-order valence-electron chi connectivity index (χ0n) is 21.4. The Morgan fingerprint density at radius 2 is 1.69 bits per heavy atom. The Labute approximate surface area is 210 Å². The molecule has 0 unspecified atom stereocenters. The number of carbonyl (C=O) groups excluding carboxylic acids is 1.